The summed E-state index contributed by atoms with van der Waals surface area (Å²) in [6.07, 6.45) is 1.14. The van der Waals surface area contributed by atoms with Crippen molar-refractivity contribution in [1.82, 2.24) is 4.90 Å². The fraction of sp³-hybridized carbons (Fsp3) is 0.933. The molecule has 1 N–H and O–H groups in total. The number of aliphatic hydroxyl groups is 1. The van der Waals surface area contributed by atoms with Gasteiger partial charge in [-0.3, -0.25) is 0 Å². The highest BCUT2D eigenvalue weighted by molar-refractivity contribution is 5.68. The zero-order valence-electron chi connectivity index (χ0n) is 13.2. The molecular weight excluding hydrogens is 242 g/mol. The average Bonchev–Trinajstić information content (AvgIpc) is 2.24. The second kappa shape index (κ2) is 5.70. The predicted molar refractivity (Wildman–Crippen MR) is 76.0 cm³/mol. The van der Waals surface area contributed by atoms with Gasteiger partial charge >= 0.3 is 6.09 Å². The molecule has 0 unspecified atom stereocenters. The van der Waals surface area contributed by atoms with Crippen LogP contribution in [-0.4, -0.2) is 40.9 Å². The number of nitrogens with zero attached hydrogens (tertiary/aromatic N) is 1. The standard InChI is InChI=1S/C15H29NO3/c1-14(2,3)12(17)11-7-9-16(10-8-11)13(18)19-15(4,5)6/h11-12,17H,7-10H2,1-6H3/t12-/m1/s1. The summed E-state index contributed by atoms with van der Waals surface area (Å²) in [6.45, 7) is 13.1. The van der Waals surface area contributed by atoms with Crippen molar-refractivity contribution in [3.05, 3.63) is 0 Å². The molecule has 1 heterocycles. The molecule has 0 saturated carbocycles. The maximum Gasteiger partial charge on any atom is 0.410 e. The summed E-state index contributed by atoms with van der Waals surface area (Å²) in [5.41, 5.74) is -0.544. The summed E-state index contributed by atoms with van der Waals surface area (Å²) in [6, 6.07) is 0. The van der Waals surface area contributed by atoms with E-state index in [1.54, 1.807) is 4.90 Å². The monoisotopic (exact) mass is 271 g/mol. The van der Waals surface area contributed by atoms with Gasteiger partial charge in [-0.25, -0.2) is 4.79 Å². The van der Waals surface area contributed by atoms with Crippen molar-refractivity contribution in [3.63, 3.8) is 0 Å². The molecule has 1 fully saturated rings. The molecule has 112 valence electrons. The molecule has 1 aliphatic rings. The van der Waals surface area contributed by atoms with Gasteiger partial charge in [-0.1, -0.05) is 20.8 Å². The van der Waals surface area contributed by atoms with Gasteiger partial charge in [0.25, 0.3) is 0 Å². The Balaban J connectivity index is 2.47. The number of piperidine rings is 1. The number of amides is 1. The number of aliphatic hydroxyl groups excluding tert-OH is 1. The first-order valence-electron chi connectivity index (χ1n) is 7.17. The van der Waals surface area contributed by atoms with E-state index in [-0.39, 0.29) is 23.5 Å². The minimum atomic E-state index is -0.446. The molecule has 4 nitrogen and oxygen atoms in total. The highest BCUT2D eigenvalue weighted by Crippen LogP contribution is 2.31. The Morgan fingerprint density at radius 3 is 2.00 bits per heavy atom. The molecule has 1 amide bonds. The highest BCUT2D eigenvalue weighted by Gasteiger charge is 2.34. The largest absolute Gasteiger partial charge is 0.444 e. The van der Waals surface area contributed by atoms with Crippen LogP contribution >= 0.6 is 0 Å². The summed E-state index contributed by atoms with van der Waals surface area (Å²) in [4.78, 5) is 13.7. The fourth-order valence-electron chi connectivity index (χ4n) is 2.43. The van der Waals surface area contributed by atoms with Crippen LogP contribution in [0.1, 0.15) is 54.4 Å². The normalized spacial score (nSPS) is 20.3. The zero-order chi connectivity index (χ0) is 14.8. The number of carbonyl (C=O) groups excluding carboxylic acids is 1. The van der Waals surface area contributed by atoms with Crippen molar-refractivity contribution in [2.45, 2.75) is 66.1 Å². The minimum Gasteiger partial charge on any atom is -0.444 e. The summed E-state index contributed by atoms with van der Waals surface area (Å²) >= 11 is 0. The molecule has 1 saturated heterocycles. The third-order valence-corrected chi connectivity index (χ3v) is 3.53. The first kappa shape index (κ1) is 16.3. The van der Waals surface area contributed by atoms with E-state index >= 15 is 0 Å². The van der Waals surface area contributed by atoms with Crippen LogP contribution in [0, 0.1) is 11.3 Å². The second-order valence-electron chi connectivity index (χ2n) is 7.62. The van der Waals surface area contributed by atoms with Gasteiger partial charge in [-0.15, -0.1) is 0 Å². The summed E-state index contributed by atoms with van der Waals surface area (Å²) in [5.74, 6) is 0.277. The van der Waals surface area contributed by atoms with Crippen LogP contribution in [0.2, 0.25) is 0 Å². The lowest BCUT2D eigenvalue weighted by molar-refractivity contribution is -0.0218. The smallest absolute Gasteiger partial charge is 0.410 e. The van der Waals surface area contributed by atoms with Crippen molar-refractivity contribution in [2.24, 2.45) is 11.3 Å². The van der Waals surface area contributed by atoms with Crippen LogP contribution in [0.3, 0.4) is 0 Å². The van der Waals surface area contributed by atoms with E-state index < -0.39 is 5.60 Å². The molecule has 0 aromatic heterocycles. The average molecular weight is 271 g/mol. The Kier molecular flexibility index (Phi) is 4.88. The number of ether oxygens (including phenoxy) is 1. The van der Waals surface area contributed by atoms with Crippen LogP contribution in [0.15, 0.2) is 0 Å². The molecule has 0 aliphatic carbocycles. The molecule has 0 aromatic rings. The van der Waals surface area contributed by atoms with Crippen molar-refractivity contribution >= 4 is 6.09 Å². The predicted octanol–water partition coefficient (Wildman–Crippen LogP) is 3.04. The molecule has 1 atom stereocenters. The van der Waals surface area contributed by atoms with Crippen LogP contribution < -0.4 is 0 Å². The maximum absolute atomic E-state index is 11.9. The highest BCUT2D eigenvalue weighted by atomic mass is 16.6. The molecule has 0 aromatic carbocycles. The molecule has 0 bridgehead atoms. The van der Waals surface area contributed by atoms with Gasteiger partial charge in [-0.2, -0.15) is 0 Å². The van der Waals surface area contributed by atoms with Gasteiger partial charge in [-0.05, 0) is 44.9 Å². The van der Waals surface area contributed by atoms with E-state index in [0.717, 1.165) is 12.8 Å². The summed E-state index contributed by atoms with van der Waals surface area (Å²) in [7, 11) is 0. The Morgan fingerprint density at radius 1 is 1.16 bits per heavy atom. The van der Waals surface area contributed by atoms with E-state index in [2.05, 4.69) is 20.8 Å². The lowest BCUT2D eigenvalue weighted by Gasteiger charge is -2.39. The topological polar surface area (TPSA) is 49.8 Å². The summed E-state index contributed by atoms with van der Waals surface area (Å²) < 4.78 is 5.36. The number of carbonyl (C=O) groups is 1. The fourth-order valence-corrected chi connectivity index (χ4v) is 2.43. The zero-order valence-corrected chi connectivity index (χ0v) is 13.2. The lowest BCUT2D eigenvalue weighted by Crippen LogP contribution is -2.45. The molecular formula is C15H29NO3. The molecule has 1 aliphatic heterocycles. The molecule has 0 radical (unpaired) electrons. The molecule has 0 spiro atoms. The third-order valence-electron chi connectivity index (χ3n) is 3.53. The van der Waals surface area contributed by atoms with E-state index in [4.69, 9.17) is 4.74 Å². The number of rotatable bonds is 1. The van der Waals surface area contributed by atoms with Crippen LogP contribution in [0.4, 0.5) is 4.79 Å². The van der Waals surface area contributed by atoms with Crippen LogP contribution in [-0.2, 0) is 4.74 Å². The van der Waals surface area contributed by atoms with Gasteiger partial charge in [0, 0.05) is 13.1 Å². The van der Waals surface area contributed by atoms with Gasteiger partial charge in [0.2, 0.25) is 0 Å². The van der Waals surface area contributed by atoms with Gasteiger partial charge in [0.05, 0.1) is 6.10 Å². The first-order chi connectivity index (χ1) is 8.50. The Labute approximate surface area is 117 Å². The third kappa shape index (κ3) is 5.01. The second-order valence-corrected chi connectivity index (χ2v) is 7.62. The van der Waals surface area contributed by atoms with Crippen molar-refractivity contribution in [2.75, 3.05) is 13.1 Å². The SMILES string of the molecule is CC(C)(C)OC(=O)N1CCC([C@@H](O)C(C)(C)C)CC1. The Morgan fingerprint density at radius 2 is 1.63 bits per heavy atom. The number of hydrogen-bond donors (Lipinski definition) is 1. The van der Waals surface area contributed by atoms with Crippen LogP contribution in [0.25, 0.3) is 0 Å². The molecule has 1 rings (SSSR count). The first-order valence-corrected chi connectivity index (χ1v) is 7.17. The number of likely N-dealkylation sites (tertiary alicyclic amines) is 1. The van der Waals surface area contributed by atoms with Gasteiger partial charge in [0.1, 0.15) is 5.60 Å². The lowest BCUT2D eigenvalue weighted by atomic mass is 9.77. The van der Waals surface area contributed by atoms with E-state index in [1.807, 2.05) is 20.8 Å². The molecule has 19 heavy (non-hydrogen) atoms. The summed E-state index contributed by atoms with van der Waals surface area (Å²) in [5, 5.41) is 10.3. The Bertz CT molecular complexity index is 306. The quantitative estimate of drug-likeness (QED) is 0.797. The van der Waals surface area contributed by atoms with E-state index in [0.29, 0.717) is 13.1 Å². The van der Waals surface area contributed by atoms with Crippen molar-refractivity contribution < 1.29 is 14.6 Å². The van der Waals surface area contributed by atoms with Crippen LogP contribution in [0.5, 0.6) is 0 Å². The minimum absolute atomic E-state index is 0.0985. The maximum atomic E-state index is 11.9. The van der Waals surface area contributed by atoms with E-state index in [9.17, 15) is 9.90 Å². The number of hydrogen-bond acceptors (Lipinski definition) is 3. The molecule has 4 heteroatoms. The Hall–Kier alpha value is -0.770. The van der Waals surface area contributed by atoms with E-state index in [1.165, 1.54) is 0 Å². The van der Waals surface area contributed by atoms with Gasteiger partial charge in [0.15, 0.2) is 0 Å². The van der Waals surface area contributed by atoms with Crippen molar-refractivity contribution in [1.29, 1.82) is 0 Å². The van der Waals surface area contributed by atoms with Crippen molar-refractivity contribution in [3.8, 4) is 0 Å². The van der Waals surface area contributed by atoms with Gasteiger partial charge < -0.3 is 14.7 Å².